The molecule has 0 aliphatic rings. The fourth-order valence-corrected chi connectivity index (χ4v) is 4.13. The number of carbonyl (C=O) groups is 1. The van der Waals surface area contributed by atoms with Gasteiger partial charge >= 0.3 is 0 Å². The molecule has 0 aromatic heterocycles. The lowest BCUT2D eigenvalue weighted by molar-refractivity contribution is -0.121. The molecule has 0 unspecified atom stereocenters. The average Bonchev–Trinajstić information content (AvgIpc) is 2.65. The number of amides is 1. The molecule has 2 aromatic carbocycles. The zero-order valence-corrected chi connectivity index (χ0v) is 18.6. The summed E-state index contributed by atoms with van der Waals surface area (Å²) in [6, 6.07) is 12.1. The third-order valence-electron chi connectivity index (χ3n) is 4.04. The van der Waals surface area contributed by atoms with E-state index in [0.29, 0.717) is 30.3 Å². The number of halogens is 2. The van der Waals surface area contributed by atoms with E-state index in [9.17, 15) is 13.2 Å². The van der Waals surface area contributed by atoms with Gasteiger partial charge in [-0.2, -0.15) is 0 Å². The average molecular weight is 459 g/mol. The first-order valence-corrected chi connectivity index (χ1v) is 11.7. The van der Waals surface area contributed by atoms with Crippen LogP contribution in [0.2, 0.25) is 10.0 Å². The Labute approximate surface area is 181 Å². The predicted molar refractivity (Wildman–Crippen MR) is 117 cm³/mol. The highest BCUT2D eigenvalue weighted by atomic mass is 35.5. The highest BCUT2D eigenvalue weighted by Gasteiger charge is 2.20. The molecule has 9 heteroatoms. The largest absolute Gasteiger partial charge is 0.494 e. The van der Waals surface area contributed by atoms with Gasteiger partial charge < -0.3 is 10.1 Å². The van der Waals surface area contributed by atoms with E-state index in [-0.39, 0.29) is 23.9 Å². The van der Waals surface area contributed by atoms with Crippen LogP contribution in [0.15, 0.2) is 42.5 Å². The van der Waals surface area contributed by atoms with Crippen molar-refractivity contribution < 1.29 is 17.9 Å². The first-order chi connectivity index (χ1) is 13.7. The standard InChI is InChI=1S/C20H24Cl2N2O4S/c1-3-28-17-7-4-6-15(12-17)14-23-20(25)8-5-11-24(29(2,26)27)19-13-16(21)9-10-18(19)22/h4,6-7,9-10,12-13H,3,5,8,11,14H2,1-2H3,(H,23,25). The molecule has 0 aliphatic carbocycles. The number of hydrogen-bond acceptors (Lipinski definition) is 4. The molecule has 0 radical (unpaired) electrons. The molecule has 0 saturated heterocycles. The normalized spacial score (nSPS) is 11.2. The Hall–Kier alpha value is -1.96. The van der Waals surface area contributed by atoms with Crippen molar-refractivity contribution in [2.24, 2.45) is 0 Å². The van der Waals surface area contributed by atoms with E-state index in [0.717, 1.165) is 17.6 Å². The topological polar surface area (TPSA) is 75.7 Å². The van der Waals surface area contributed by atoms with Crippen LogP contribution in [0, 0.1) is 0 Å². The Kier molecular flexibility index (Phi) is 8.61. The fourth-order valence-electron chi connectivity index (χ4n) is 2.73. The smallest absolute Gasteiger partial charge is 0.232 e. The van der Waals surface area contributed by atoms with Crippen LogP contribution in [-0.2, 0) is 21.4 Å². The monoisotopic (exact) mass is 458 g/mol. The first-order valence-electron chi connectivity index (χ1n) is 9.12. The lowest BCUT2D eigenvalue weighted by Crippen LogP contribution is -2.32. The summed E-state index contributed by atoms with van der Waals surface area (Å²) in [5.74, 6) is 0.582. The van der Waals surface area contributed by atoms with Gasteiger partial charge in [0.1, 0.15) is 5.75 Å². The zero-order chi connectivity index (χ0) is 21.4. The molecule has 0 fully saturated rings. The summed E-state index contributed by atoms with van der Waals surface area (Å²) >= 11 is 12.1. The molecule has 2 rings (SSSR count). The number of nitrogens with zero attached hydrogens (tertiary/aromatic N) is 1. The maximum Gasteiger partial charge on any atom is 0.232 e. The van der Waals surface area contributed by atoms with Gasteiger partial charge in [0.05, 0.1) is 23.6 Å². The third kappa shape index (κ3) is 7.42. The minimum Gasteiger partial charge on any atom is -0.494 e. The molecule has 29 heavy (non-hydrogen) atoms. The van der Waals surface area contributed by atoms with Gasteiger partial charge in [0.15, 0.2) is 0 Å². The SMILES string of the molecule is CCOc1cccc(CNC(=O)CCCN(c2cc(Cl)ccc2Cl)S(C)(=O)=O)c1. The van der Waals surface area contributed by atoms with E-state index < -0.39 is 10.0 Å². The Bertz CT molecular complexity index is 951. The highest BCUT2D eigenvalue weighted by molar-refractivity contribution is 7.92. The van der Waals surface area contributed by atoms with Crippen molar-refractivity contribution in [3.63, 3.8) is 0 Å². The lowest BCUT2D eigenvalue weighted by Gasteiger charge is -2.23. The Morgan fingerprint density at radius 2 is 1.93 bits per heavy atom. The first kappa shape index (κ1) is 23.3. The van der Waals surface area contributed by atoms with Crippen LogP contribution in [0.4, 0.5) is 5.69 Å². The summed E-state index contributed by atoms with van der Waals surface area (Å²) in [6.07, 6.45) is 1.60. The van der Waals surface area contributed by atoms with Crippen molar-refractivity contribution in [2.75, 3.05) is 23.7 Å². The van der Waals surface area contributed by atoms with Crippen molar-refractivity contribution in [2.45, 2.75) is 26.3 Å². The van der Waals surface area contributed by atoms with Gasteiger partial charge in [-0.3, -0.25) is 9.10 Å². The van der Waals surface area contributed by atoms with E-state index in [1.54, 1.807) is 12.1 Å². The summed E-state index contributed by atoms with van der Waals surface area (Å²) < 4.78 is 31.0. The van der Waals surface area contributed by atoms with Crippen LogP contribution >= 0.6 is 23.2 Å². The highest BCUT2D eigenvalue weighted by Crippen LogP contribution is 2.30. The summed E-state index contributed by atoms with van der Waals surface area (Å²) in [4.78, 5) is 12.2. The molecule has 0 atom stereocenters. The maximum atomic E-state index is 12.2. The van der Waals surface area contributed by atoms with Crippen molar-refractivity contribution in [3.8, 4) is 5.75 Å². The number of carbonyl (C=O) groups excluding carboxylic acids is 1. The van der Waals surface area contributed by atoms with Gasteiger partial charge in [-0.25, -0.2) is 8.42 Å². The van der Waals surface area contributed by atoms with E-state index in [1.807, 2.05) is 31.2 Å². The second-order valence-electron chi connectivity index (χ2n) is 6.39. The minimum atomic E-state index is -3.58. The molecule has 6 nitrogen and oxygen atoms in total. The number of ether oxygens (including phenoxy) is 1. The fraction of sp³-hybridized carbons (Fsp3) is 0.350. The number of nitrogens with one attached hydrogen (secondary N) is 1. The molecule has 0 heterocycles. The maximum absolute atomic E-state index is 12.2. The molecule has 1 N–H and O–H groups in total. The van der Waals surface area contributed by atoms with Crippen LogP contribution in [0.1, 0.15) is 25.3 Å². The van der Waals surface area contributed by atoms with Gasteiger partial charge in [0.25, 0.3) is 0 Å². The molecule has 0 spiro atoms. The van der Waals surface area contributed by atoms with Crippen molar-refractivity contribution >= 4 is 44.8 Å². The van der Waals surface area contributed by atoms with E-state index in [1.165, 1.54) is 10.4 Å². The molecule has 0 saturated carbocycles. The molecule has 158 valence electrons. The van der Waals surface area contributed by atoms with Gasteiger partial charge in [-0.1, -0.05) is 35.3 Å². The van der Waals surface area contributed by atoms with Gasteiger partial charge in [-0.05, 0) is 49.2 Å². The van der Waals surface area contributed by atoms with Crippen LogP contribution < -0.4 is 14.4 Å². The third-order valence-corrected chi connectivity index (χ3v) is 5.78. The van der Waals surface area contributed by atoms with Gasteiger partial charge in [-0.15, -0.1) is 0 Å². The number of hydrogen-bond donors (Lipinski definition) is 1. The Morgan fingerprint density at radius 1 is 1.17 bits per heavy atom. The van der Waals surface area contributed by atoms with Crippen molar-refractivity contribution in [3.05, 3.63) is 58.1 Å². The minimum absolute atomic E-state index is 0.117. The summed E-state index contributed by atoms with van der Waals surface area (Å²) in [6.45, 7) is 2.97. The quantitative estimate of drug-likeness (QED) is 0.576. The molecule has 1 amide bonds. The number of anilines is 1. The molecule has 2 aromatic rings. The van der Waals surface area contributed by atoms with Crippen LogP contribution in [0.5, 0.6) is 5.75 Å². The summed E-state index contributed by atoms with van der Waals surface area (Å²) in [5.41, 5.74) is 1.22. The Morgan fingerprint density at radius 3 is 2.62 bits per heavy atom. The van der Waals surface area contributed by atoms with E-state index in [2.05, 4.69) is 5.32 Å². The summed E-state index contributed by atoms with van der Waals surface area (Å²) in [5, 5.41) is 3.49. The van der Waals surface area contributed by atoms with Crippen molar-refractivity contribution in [1.82, 2.24) is 5.32 Å². The van der Waals surface area contributed by atoms with Crippen LogP contribution in [0.25, 0.3) is 0 Å². The second kappa shape index (κ2) is 10.7. The molecular weight excluding hydrogens is 435 g/mol. The molecule has 0 aliphatic heterocycles. The Balaban J connectivity index is 1.91. The van der Waals surface area contributed by atoms with Gasteiger partial charge in [0, 0.05) is 24.5 Å². The second-order valence-corrected chi connectivity index (χ2v) is 9.14. The van der Waals surface area contributed by atoms with Crippen LogP contribution in [-0.4, -0.2) is 33.7 Å². The lowest BCUT2D eigenvalue weighted by atomic mass is 10.2. The van der Waals surface area contributed by atoms with E-state index in [4.69, 9.17) is 27.9 Å². The van der Waals surface area contributed by atoms with Gasteiger partial charge in [0.2, 0.25) is 15.9 Å². The number of sulfonamides is 1. The number of rotatable bonds is 10. The van der Waals surface area contributed by atoms with Crippen molar-refractivity contribution in [1.29, 1.82) is 0 Å². The summed E-state index contributed by atoms with van der Waals surface area (Å²) in [7, 11) is -3.58. The molecule has 0 bridgehead atoms. The molecular formula is C20H24Cl2N2O4S. The zero-order valence-electron chi connectivity index (χ0n) is 16.3. The van der Waals surface area contributed by atoms with E-state index >= 15 is 0 Å². The predicted octanol–water partition coefficient (Wildman–Crippen LogP) is 4.25. The van der Waals surface area contributed by atoms with Crippen LogP contribution in [0.3, 0.4) is 0 Å². The number of benzene rings is 2.